The van der Waals surface area contributed by atoms with E-state index >= 15 is 0 Å². The molecule has 2 unspecified atom stereocenters. The molecule has 3 nitrogen and oxygen atoms in total. The maximum atomic E-state index is 11.9. The van der Waals surface area contributed by atoms with Crippen molar-refractivity contribution in [3.8, 4) is 0 Å². The molecule has 3 heteroatoms. The summed E-state index contributed by atoms with van der Waals surface area (Å²) in [5.41, 5.74) is 0. The number of piperidine rings is 1. The number of amides is 1. The van der Waals surface area contributed by atoms with Crippen LogP contribution in [0.15, 0.2) is 0 Å². The van der Waals surface area contributed by atoms with E-state index in [9.17, 15) is 4.79 Å². The lowest BCUT2D eigenvalue weighted by Crippen LogP contribution is -2.48. The second-order valence-electron chi connectivity index (χ2n) is 6.21. The summed E-state index contributed by atoms with van der Waals surface area (Å²) in [5.74, 6) is 1.15. The second-order valence-corrected chi connectivity index (χ2v) is 6.21. The summed E-state index contributed by atoms with van der Waals surface area (Å²) in [6.45, 7) is 0. The van der Waals surface area contributed by atoms with Gasteiger partial charge in [0, 0.05) is 24.5 Å². The van der Waals surface area contributed by atoms with Crippen LogP contribution in [0.1, 0.15) is 57.8 Å². The normalized spacial score (nSPS) is 36.6. The minimum absolute atomic E-state index is 0.295. The van der Waals surface area contributed by atoms with Crippen molar-refractivity contribution in [3.63, 3.8) is 0 Å². The van der Waals surface area contributed by atoms with Gasteiger partial charge in [-0.2, -0.15) is 0 Å². The number of carbonyl (C=O) groups excluding carboxylic acids is 1. The molecule has 2 saturated heterocycles. The molecule has 2 bridgehead atoms. The molecule has 1 saturated carbocycles. The predicted molar refractivity (Wildman–Crippen MR) is 67.7 cm³/mol. The Morgan fingerprint density at radius 3 is 2.41 bits per heavy atom. The summed E-state index contributed by atoms with van der Waals surface area (Å²) in [6, 6.07) is 1.79. The van der Waals surface area contributed by atoms with Gasteiger partial charge in [0.2, 0.25) is 5.91 Å². The molecule has 1 amide bonds. The SMILES string of the molecule is O=C(CCC1CCC1)NC1CC2CCC(C1)N2. The molecule has 0 radical (unpaired) electrons. The average Bonchev–Trinajstić information content (AvgIpc) is 2.56. The fourth-order valence-electron chi connectivity index (χ4n) is 3.59. The van der Waals surface area contributed by atoms with E-state index in [1.54, 1.807) is 0 Å². The van der Waals surface area contributed by atoms with Gasteiger partial charge < -0.3 is 10.6 Å². The van der Waals surface area contributed by atoms with Crippen LogP contribution in [0.4, 0.5) is 0 Å². The largest absolute Gasteiger partial charge is 0.353 e. The molecule has 0 aromatic heterocycles. The summed E-state index contributed by atoms with van der Waals surface area (Å²) >= 11 is 0. The summed E-state index contributed by atoms with van der Waals surface area (Å²) in [5, 5.41) is 6.86. The van der Waals surface area contributed by atoms with Crippen LogP contribution in [0.5, 0.6) is 0 Å². The minimum Gasteiger partial charge on any atom is -0.353 e. The Bertz CT molecular complexity index is 276. The van der Waals surface area contributed by atoms with Crippen molar-refractivity contribution in [3.05, 3.63) is 0 Å². The molecular formula is C14H24N2O. The van der Waals surface area contributed by atoms with Crippen molar-refractivity contribution < 1.29 is 4.79 Å². The van der Waals surface area contributed by atoms with Crippen molar-refractivity contribution in [2.75, 3.05) is 0 Å². The summed E-state index contributed by atoms with van der Waals surface area (Å²) in [7, 11) is 0. The lowest BCUT2D eigenvalue weighted by molar-refractivity contribution is -0.122. The number of hydrogen-bond acceptors (Lipinski definition) is 2. The first-order chi connectivity index (χ1) is 8.29. The first-order valence-electron chi connectivity index (χ1n) is 7.35. The Morgan fingerprint density at radius 2 is 1.82 bits per heavy atom. The van der Waals surface area contributed by atoms with Gasteiger partial charge in [0.15, 0.2) is 0 Å². The number of rotatable bonds is 4. The van der Waals surface area contributed by atoms with E-state index in [0.29, 0.717) is 24.0 Å². The first-order valence-corrected chi connectivity index (χ1v) is 7.35. The van der Waals surface area contributed by atoms with Gasteiger partial charge in [-0.05, 0) is 38.0 Å². The third-order valence-electron chi connectivity index (χ3n) is 4.84. The fraction of sp³-hybridized carbons (Fsp3) is 0.929. The van der Waals surface area contributed by atoms with E-state index in [1.807, 2.05) is 0 Å². The van der Waals surface area contributed by atoms with Crippen molar-refractivity contribution in [2.45, 2.75) is 75.9 Å². The van der Waals surface area contributed by atoms with Gasteiger partial charge in [0.1, 0.15) is 0 Å². The lowest BCUT2D eigenvalue weighted by atomic mass is 9.82. The van der Waals surface area contributed by atoms with E-state index in [0.717, 1.165) is 31.6 Å². The average molecular weight is 236 g/mol. The highest BCUT2D eigenvalue weighted by Crippen LogP contribution is 2.30. The molecule has 17 heavy (non-hydrogen) atoms. The van der Waals surface area contributed by atoms with Crippen LogP contribution in [0.25, 0.3) is 0 Å². The molecule has 96 valence electrons. The maximum absolute atomic E-state index is 11.9. The minimum atomic E-state index is 0.295. The van der Waals surface area contributed by atoms with Gasteiger partial charge in [0.05, 0.1) is 0 Å². The topological polar surface area (TPSA) is 41.1 Å². The number of carbonyl (C=O) groups is 1. The molecule has 0 spiro atoms. The van der Waals surface area contributed by atoms with Crippen LogP contribution in [-0.2, 0) is 4.79 Å². The molecule has 2 aliphatic heterocycles. The summed E-state index contributed by atoms with van der Waals surface area (Å²) in [4.78, 5) is 11.9. The Labute approximate surface area is 104 Å². The number of nitrogens with one attached hydrogen (secondary N) is 2. The fourth-order valence-corrected chi connectivity index (χ4v) is 3.59. The van der Waals surface area contributed by atoms with Gasteiger partial charge in [-0.1, -0.05) is 19.3 Å². The third kappa shape index (κ3) is 2.82. The van der Waals surface area contributed by atoms with Gasteiger partial charge in [-0.3, -0.25) is 4.79 Å². The molecule has 2 N–H and O–H groups in total. The van der Waals surface area contributed by atoms with Gasteiger partial charge in [-0.15, -0.1) is 0 Å². The Balaban J connectivity index is 1.38. The van der Waals surface area contributed by atoms with Crippen LogP contribution in [-0.4, -0.2) is 24.0 Å². The molecule has 3 rings (SSSR count). The molecule has 0 aromatic carbocycles. The highest BCUT2D eigenvalue weighted by molar-refractivity contribution is 5.76. The standard InChI is InChI=1S/C14H24N2O/c17-14(7-4-10-2-1-3-10)16-13-8-11-5-6-12(9-13)15-11/h10-13,15H,1-9H2,(H,16,17). The van der Waals surface area contributed by atoms with Crippen molar-refractivity contribution in [1.29, 1.82) is 0 Å². The smallest absolute Gasteiger partial charge is 0.220 e. The highest BCUT2D eigenvalue weighted by Gasteiger charge is 2.33. The quantitative estimate of drug-likeness (QED) is 0.783. The van der Waals surface area contributed by atoms with Crippen molar-refractivity contribution in [2.24, 2.45) is 5.92 Å². The lowest BCUT2D eigenvalue weighted by Gasteiger charge is -2.30. The Kier molecular flexibility index (Phi) is 3.37. The van der Waals surface area contributed by atoms with Crippen LogP contribution in [0, 0.1) is 5.92 Å². The Morgan fingerprint density at radius 1 is 1.12 bits per heavy atom. The molecule has 3 aliphatic rings. The molecule has 2 heterocycles. The third-order valence-corrected chi connectivity index (χ3v) is 4.84. The van der Waals surface area contributed by atoms with Crippen LogP contribution >= 0.6 is 0 Å². The van der Waals surface area contributed by atoms with E-state index < -0.39 is 0 Å². The number of fused-ring (bicyclic) bond motifs is 2. The predicted octanol–water partition coefficient (Wildman–Crippen LogP) is 1.97. The maximum Gasteiger partial charge on any atom is 0.220 e. The molecular weight excluding hydrogens is 212 g/mol. The van der Waals surface area contributed by atoms with Crippen molar-refractivity contribution in [1.82, 2.24) is 10.6 Å². The van der Waals surface area contributed by atoms with Gasteiger partial charge >= 0.3 is 0 Å². The van der Waals surface area contributed by atoms with Crippen LogP contribution in [0.3, 0.4) is 0 Å². The molecule has 2 atom stereocenters. The summed E-state index contributed by atoms with van der Waals surface area (Å²) in [6.07, 6.45) is 10.8. The number of hydrogen-bond donors (Lipinski definition) is 2. The monoisotopic (exact) mass is 236 g/mol. The summed E-state index contributed by atoms with van der Waals surface area (Å²) < 4.78 is 0. The van der Waals surface area contributed by atoms with E-state index in [-0.39, 0.29) is 0 Å². The molecule has 1 aliphatic carbocycles. The van der Waals surface area contributed by atoms with Gasteiger partial charge in [0.25, 0.3) is 0 Å². The van der Waals surface area contributed by atoms with E-state index in [1.165, 1.54) is 32.1 Å². The van der Waals surface area contributed by atoms with Crippen LogP contribution < -0.4 is 10.6 Å². The first kappa shape index (κ1) is 11.5. The second kappa shape index (κ2) is 4.97. The van der Waals surface area contributed by atoms with Crippen molar-refractivity contribution >= 4 is 5.91 Å². The van der Waals surface area contributed by atoms with Gasteiger partial charge in [-0.25, -0.2) is 0 Å². The van der Waals surface area contributed by atoms with Crippen LogP contribution in [0.2, 0.25) is 0 Å². The van der Waals surface area contributed by atoms with E-state index in [4.69, 9.17) is 0 Å². The zero-order valence-electron chi connectivity index (χ0n) is 10.6. The molecule has 3 fully saturated rings. The molecule has 0 aromatic rings. The van der Waals surface area contributed by atoms with E-state index in [2.05, 4.69) is 10.6 Å². The zero-order valence-corrected chi connectivity index (χ0v) is 10.6. The highest BCUT2D eigenvalue weighted by atomic mass is 16.1. The zero-order chi connectivity index (χ0) is 11.7. The Hall–Kier alpha value is -0.570.